The molecule has 0 amide bonds. The van der Waals surface area contributed by atoms with Crippen molar-refractivity contribution in [3.05, 3.63) is 18.2 Å². The van der Waals surface area contributed by atoms with Crippen LogP contribution in [0.4, 0.5) is 0 Å². The van der Waals surface area contributed by atoms with E-state index >= 15 is 0 Å². The summed E-state index contributed by atoms with van der Waals surface area (Å²) < 4.78 is 5.19. The lowest BCUT2D eigenvalue weighted by molar-refractivity contribution is 0.122. The molecule has 0 fully saturated rings. The third-order valence-electron chi connectivity index (χ3n) is 1.49. The lowest BCUT2D eigenvalue weighted by Crippen LogP contribution is -2.13. The molecule has 1 N–H and O–H groups in total. The van der Waals surface area contributed by atoms with E-state index in [0.29, 0.717) is 5.75 Å². The van der Waals surface area contributed by atoms with Gasteiger partial charge < -0.3 is 9.84 Å². The first-order valence-electron chi connectivity index (χ1n) is 4.34. The number of aryl methyl sites for hydroxylation is 1. The summed E-state index contributed by atoms with van der Waals surface area (Å²) in [5.74, 6) is 1.39. The molecule has 0 aliphatic carbocycles. The average molecular weight is 182 g/mol. The molecule has 1 aromatic rings. The van der Waals surface area contributed by atoms with Gasteiger partial charge in [0.2, 0.25) is 0 Å². The van der Waals surface area contributed by atoms with Crippen molar-refractivity contribution in [2.75, 3.05) is 6.61 Å². The Hall–Kier alpha value is -1.16. The maximum absolute atomic E-state index is 8.95. The maximum atomic E-state index is 8.95. The predicted octanol–water partition coefficient (Wildman–Crippen LogP) is 0.799. The highest BCUT2D eigenvalue weighted by Crippen LogP contribution is 2.06. The van der Waals surface area contributed by atoms with E-state index in [-0.39, 0.29) is 6.61 Å². The van der Waals surface area contributed by atoms with Crippen molar-refractivity contribution in [2.45, 2.75) is 26.4 Å². The number of aliphatic hydroxyl groups excluding tert-OH is 1. The zero-order valence-corrected chi connectivity index (χ0v) is 7.90. The highest BCUT2D eigenvalue weighted by Gasteiger charge is 1.99. The molecule has 0 saturated carbocycles. The Labute approximate surface area is 77.6 Å². The summed E-state index contributed by atoms with van der Waals surface area (Å²) in [5.41, 5.74) is 0. The van der Waals surface area contributed by atoms with Crippen LogP contribution in [0.2, 0.25) is 0 Å². The second-order valence-corrected chi connectivity index (χ2v) is 2.85. The van der Waals surface area contributed by atoms with E-state index in [4.69, 9.17) is 9.84 Å². The molecule has 1 unspecified atom stereocenters. The second kappa shape index (κ2) is 4.77. The summed E-state index contributed by atoms with van der Waals surface area (Å²) in [6, 6.07) is 0. The minimum Gasteiger partial charge on any atom is -0.488 e. The monoisotopic (exact) mass is 182 g/mol. The van der Waals surface area contributed by atoms with Gasteiger partial charge in [-0.3, -0.25) is 0 Å². The zero-order chi connectivity index (χ0) is 9.68. The van der Waals surface area contributed by atoms with Crippen LogP contribution >= 0.6 is 0 Å². The van der Waals surface area contributed by atoms with Crippen molar-refractivity contribution in [3.8, 4) is 5.75 Å². The van der Waals surface area contributed by atoms with Crippen LogP contribution < -0.4 is 4.74 Å². The van der Waals surface area contributed by atoms with E-state index in [1.54, 1.807) is 19.3 Å². The van der Waals surface area contributed by atoms with E-state index in [1.807, 2.05) is 6.92 Å². The molecule has 0 aromatic carbocycles. The minimum atomic E-state index is -0.467. The van der Waals surface area contributed by atoms with E-state index in [1.165, 1.54) is 0 Å². The van der Waals surface area contributed by atoms with Gasteiger partial charge in [-0.05, 0) is 6.92 Å². The summed E-state index contributed by atoms with van der Waals surface area (Å²) in [7, 11) is 0. The van der Waals surface area contributed by atoms with Crippen molar-refractivity contribution >= 4 is 0 Å². The Kier molecular flexibility index (Phi) is 3.64. The van der Waals surface area contributed by atoms with Gasteiger partial charge in [-0.1, -0.05) is 6.92 Å². The number of aromatic nitrogens is 2. The Morgan fingerprint density at radius 3 is 2.54 bits per heavy atom. The van der Waals surface area contributed by atoms with Crippen LogP contribution in [0.3, 0.4) is 0 Å². The number of hydrogen-bond acceptors (Lipinski definition) is 4. The van der Waals surface area contributed by atoms with Gasteiger partial charge in [-0.2, -0.15) is 0 Å². The molecule has 0 saturated heterocycles. The Morgan fingerprint density at radius 1 is 1.46 bits per heavy atom. The fraction of sp³-hybridized carbons (Fsp3) is 0.556. The van der Waals surface area contributed by atoms with E-state index in [2.05, 4.69) is 9.97 Å². The van der Waals surface area contributed by atoms with E-state index in [9.17, 15) is 0 Å². The van der Waals surface area contributed by atoms with Gasteiger partial charge in [0.05, 0.1) is 18.5 Å². The normalized spacial score (nSPS) is 12.5. The van der Waals surface area contributed by atoms with Crippen LogP contribution in [-0.4, -0.2) is 27.8 Å². The van der Waals surface area contributed by atoms with Gasteiger partial charge in [-0.25, -0.2) is 9.97 Å². The summed E-state index contributed by atoms with van der Waals surface area (Å²) >= 11 is 0. The van der Waals surface area contributed by atoms with Crippen molar-refractivity contribution < 1.29 is 9.84 Å². The molecule has 1 atom stereocenters. The quantitative estimate of drug-likeness (QED) is 0.748. The third-order valence-corrected chi connectivity index (χ3v) is 1.49. The first-order chi connectivity index (χ1) is 6.22. The Morgan fingerprint density at radius 2 is 2.08 bits per heavy atom. The number of aliphatic hydroxyl groups is 1. The van der Waals surface area contributed by atoms with E-state index in [0.717, 1.165) is 12.2 Å². The van der Waals surface area contributed by atoms with Gasteiger partial charge in [0, 0.05) is 6.42 Å². The average Bonchev–Trinajstić information content (AvgIpc) is 2.15. The fourth-order valence-electron chi connectivity index (χ4n) is 0.817. The molecule has 4 heteroatoms. The lowest BCUT2D eigenvalue weighted by atomic mass is 10.4. The van der Waals surface area contributed by atoms with Gasteiger partial charge >= 0.3 is 0 Å². The molecule has 0 spiro atoms. The molecular formula is C9H14N2O2. The molecule has 1 aromatic heterocycles. The topological polar surface area (TPSA) is 55.2 Å². The molecule has 72 valence electrons. The molecule has 0 radical (unpaired) electrons. The highest BCUT2D eigenvalue weighted by atomic mass is 16.5. The SMILES string of the molecule is CCc1ncc(OCC(C)O)cn1. The smallest absolute Gasteiger partial charge is 0.156 e. The Balaban J connectivity index is 2.49. The summed E-state index contributed by atoms with van der Waals surface area (Å²) in [4.78, 5) is 8.11. The van der Waals surface area contributed by atoms with Crippen molar-refractivity contribution in [2.24, 2.45) is 0 Å². The fourth-order valence-corrected chi connectivity index (χ4v) is 0.817. The van der Waals surface area contributed by atoms with Crippen LogP contribution in [-0.2, 0) is 6.42 Å². The molecule has 1 heterocycles. The molecule has 4 nitrogen and oxygen atoms in total. The third kappa shape index (κ3) is 3.38. The standard InChI is InChI=1S/C9H14N2O2/c1-3-9-10-4-8(5-11-9)13-6-7(2)12/h4-5,7,12H,3,6H2,1-2H3. The second-order valence-electron chi connectivity index (χ2n) is 2.85. The molecule has 1 rings (SSSR count). The summed E-state index contributed by atoms with van der Waals surface area (Å²) in [6.07, 6.45) is 3.59. The van der Waals surface area contributed by atoms with Gasteiger partial charge in [0.15, 0.2) is 5.75 Å². The first-order valence-corrected chi connectivity index (χ1v) is 4.34. The van der Waals surface area contributed by atoms with Crippen LogP contribution in [0.15, 0.2) is 12.4 Å². The minimum absolute atomic E-state index is 0.273. The molecular weight excluding hydrogens is 168 g/mol. The van der Waals surface area contributed by atoms with Crippen molar-refractivity contribution in [3.63, 3.8) is 0 Å². The van der Waals surface area contributed by atoms with Crippen molar-refractivity contribution in [1.29, 1.82) is 0 Å². The van der Waals surface area contributed by atoms with Gasteiger partial charge in [0.1, 0.15) is 12.4 Å². The molecule has 0 aliphatic heterocycles. The number of rotatable bonds is 4. The summed E-state index contributed by atoms with van der Waals surface area (Å²) in [5, 5.41) is 8.95. The van der Waals surface area contributed by atoms with Crippen LogP contribution in [0, 0.1) is 0 Å². The maximum Gasteiger partial charge on any atom is 0.156 e. The van der Waals surface area contributed by atoms with E-state index < -0.39 is 6.10 Å². The number of hydrogen-bond donors (Lipinski definition) is 1. The largest absolute Gasteiger partial charge is 0.488 e. The van der Waals surface area contributed by atoms with Crippen LogP contribution in [0.5, 0.6) is 5.75 Å². The molecule has 0 bridgehead atoms. The molecule has 13 heavy (non-hydrogen) atoms. The number of ether oxygens (including phenoxy) is 1. The van der Waals surface area contributed by atoms with Gasteiger partial charge in [-0.15, -0.1) is 0 Å². The molecule has 0 aliphatic rings. The van der Waals surface area contributed by atoms with Crippen molar-refractivity contribution in [1.82, 2.24) is 9.97 Å². The highest BCUT2D eigenvalue weighted by molar-refractivity contribution is 5.12. The van der Waals surface area contributed by atoms with Crippen LogP contribution in [0.1, 0.15) is 19.7 Å². The number of nitrogens with zero attached hydrogens (tertiary/aromatic N) is 2. The zero-order valence-electron chi connectivity index (χ0n) is 7.90. The van der Waals surface area contributed by atoms with Crippen LogP contribution in [0.25, 0.3) is 0 Å². The first kappa shape index (κ1) is 9.92. The summed E-state index contributed by atoms with van der Waals surface area (Å²) in [6.45, 7) is 3.93. The lowest BCUT2D eigenvalue weighted by Gasteiger charge is -2.06. The van der Waals surface area contributed by atoms with Gasteiger partial charge in [0.25, 0.3) is 0 Å². The predicted molar refractivity (Wildman–Crippen MR) is 48.6 cm³/mol. The Bertz CT molecular complexity index is 246.